The molecule has 2 aromatic rings. The zero-order valence-electron chi connectivity index (χ0n) is 15.3. The molecule has 0 unspecified atom stereocenters. The highest BCUT2D eigenvalue weighted by atomic mass is 32.2. The van der Waals surface area contributed by atoms with Gasteiger partial charge in [-0.15, -0.1) is 0 Å². The average molecular weight is 387 g/mol. The SMILES string of the molecule is COc1cc(C#N)ccc1Oc1c(C2CC2)nn(CS(C)(=O)=O)c1C1CC1. The summed E-state index contributed by atoms with van der Waals surface area (Å²) in [6, 6.07) is 7.09. The summed E-state index contributed by atoms with van der Waals surface area (Å²) in [5, 5.41) is 13.7. The van der Waals surface area contributed by atoms with Gasteiger partial charge in [0.15, 0.2) is 27.1 Å². The number of methoxy groups -OCH3 is 1. The van der Waals surface area contributed by atoms with Crippen molar-refractivity contribution in [2.45, 2.75) is 43.4 Å². The van der Waals surface area contributed by atoms with E-state index in [1.807, 2.05) is 0 Å². The molecule has 2 aliphatic carbocycles. The Bertz CT molecular complexity index is 1030. The number of hydrogen-bond donors (Lipinski definition) is 0. The Labute approximate surface area is 158 Å². The molecule has 142 valence electrons. The summed E-state index contributed by atoms with van der Waals surface area (Å²) >= 11 is 0. The second-order valence-corrected chi connectivity index (χ2v) is 9.39. The summed E-state index contributed by atoms with van der Waals surface area (Å²) in [6.07, 6.45) is 5.27. The number of ether oxygens (including phenoxy) is 2. The lowest BCUT2D eigenvalue weighted by Crippen LogP contribution is -2.13. The van der Waals surface area contributed by atoms with E-state index < -0.39 is 9.84 Å². The fourth-order valence-electron chi connectivity index (χ4n) is 3.21. The number of benzene rings is 1. The van der Waals surface area contributed by atoms with Gasteiger partial charge in [0.2, 0.25) is 0 Å². The van der Waals surface area contributed by atoms with Crippen LogP contribution in [-0.2, 0) is 15.7 Å². The number of hydrogen-bond acceptors (Lipinski definition) is 6. The molecule has 0 aliphatic heterocycles. The van der Waals surface area contributed by atoms with Gasteiger partial charge in [-0.25, -0.2) is 13.1 Å². The molecule has 7 nitrogen and oxygen atoms in total. The van der Waals surface area contributed by atoms with Gasteiger partial charge in [-0.1, -0.05) is 0 Å². The molecule has 0 amide bonds. The standard InChI is InChI=1S/C19H21N3O4S/c1-25-16-9-12(10-20)3-8-15(16)26-19-17(13-4-5-13)21-22(11-27(2,23)24)18(19)14-6-7-14/h3,8-9,13-14H,4-7,11H2,1-2H3. The van der Waals surface area contributed by atoms with Crippen molar-refractivity contribution in [1.82, 2.24) is 9.78 Å². The van der Waals surface area contributed by atoms with Gasteiger partial charge < -0.3 is 9.47 Å². The molecule has 0 atom stereocenters. The van der Waals surface area contributed by atoms with E-state index in [9.17, 15) is 8.42 Å². The van der Waals surface area contributed by atoms with Crippen LogP contribution in [0.1, 0.15) is 54.5 Å². The topological polar surface area (TPSA) is 94.2 Å². The first kappa shape index (κ1) is 17.9. The molecular formula is C19H21N3O4S. The van der Waals surface area contributed by atoms with E-state index >= 15 is 0 Å². The van der Waals surface area contributed by atoms with Crippen molar-refractivity contribution in [3.63, 3.8) is 0 Å². The van der Waals surface area contributed by atoms with Crippen molar-refractivity contribution in [2.24, 2.45) is 0 Å². The third-order valence-electron chi connectivity index (χ3n) is 4.76. The maximum Gasteiger partial charge on any atom is 0.172 e. The van der Waals surface area contributed by atoms with Gasteiger partial charge in [0, 0.05) is 24.2 Å². The minimum absolute atomic E-state index is 0.146. The van der Waals surface area contributed by atoms with E-state index in [-0.39, 0.29) is 11.8 Å². The second kappa shape index (κ2) is 6.57. The zero-order chi connectivity index (χ0) is 19.2. The fourth-order valence-corrected chi connectivity index (χ4v) is 3.85. The van der Waals surface area contributed by atoms with Crippen molar-refractivity contribution in [2.75, 3.05) is 13.4 Å². The molecule has 4 rings (SSSR count). The molecule has 2 aliphatic rings. The average Bonchev–Trinajstić information content (AvgIpc) is 3.53. The summed E-state index contributed by atoms with van der Waals surface area (Å²) < 4.78 is 37.0. The van der Waals surface area contributed by atoms with Crippen LogP contribution in [0.25, 0.3) is 0 Å². The van der Waals surface area contributed by atoms with Crippen LogP contribution in [0.3, 0.4) is 0 Å². The van der Waals surface area contributed by atoms with E-state index in [0.29, 0.717) is 28.7 Å². The molecular weight excluding hydrogens is 366 g/mol. The lowest BCUT2D eigenvalue weighted by molar-refractivity contribution is 0.376. The lowest BCUT2D eigenvalue weighted by atomic mass is 10.2. The first-order chi connectivity index (χ1) is 12.9. The second-order valence-electron chi connectivity index (χ2n) is 7.28. The summed E-state index contributed by atoms with van der Waals surface area (Å²) in [7, 11) is -1.70. The van der Waals surface area contributed by atoms with Crippen LogP contribution in [0, 0.1) is 11.3 Å². The van der Waals surface area contributed by atoms with Gasteiger partial charge in [0.1, 0.15) is 11.6 Å². The molecule has 0 N–H and O–H groups in total. The summed E-state index contributed by atoms with van der Waals surface area (Å²) in [5.41, 5.74) is 2.16. The Kier molecular flexibility index (Phi) is 4.35. The Balaban J connectivity index is 1.79. The van der Waals surface area contributed by atoms with Crippen LogP contribution < -0.4 is 9.47 Å². The van der Waals surface area contributed by atoms with Crippen LogP contribution in [0.2, 0.25) is 0 Å². The highest BCUT2D eigenvalue weighted by molar-refractivity contribution is 7.89. The summed E-state index contributed by atoms with van der Waals surface area (Å²) in [4.78, 5) is 0. The number of nitrogens with zero attached hydrogens (tertiary/aromatic N) is 3. The molecule has 2 fully saturated rings. The number of sulfone groups is 1. The molecule has 0 spiro atoms. The van der Waals surface area contributed by atoms with Crippen molar-refractivity contribution in [1.29, 1.82) is 5.26 Å². The normalized spacial score (nSPS) is 16.8. The van der Waals surface area contributed by atoms with Crippen LogP contribution in [0.5, 0.6) is 17.2 Å². The number of rotatable bonds is 7. The Morgan fingerprint density at radius 2 is 1.93 bits per heavy atom. The number of aromatic nitrogens is 2. The Hall–Kier alpha value is -2.53. The van der Waals surface area contributed by atoms with Crippen molar-refractivity contribution >= 4 is 9.84 Å². The van der Waals surface area contributed by atoms with Crippen LogP contribution >= 0.6 is 0 Å². The highest BCUT2D eigenvalue weighted by Crippen LogP contribution is 2.52. The van der Waals surface area contributed by atoms with E-state index in [1.165, 1.54) is 13.4 Å². The van der Waals surface area contributed by atoms with E-state index in [4.69, 9.17) is 14.7 Å². The molecule has 1 heterocycles. The van der Waals surface area contributed by atoms with Crippen molar-refractivity contribution < 1.29 is 17.9 Å². The fraction of sp³-hybridized carbons (Fsp3) is 0.474. The zero-order valence-corrected chi connectivity index (χ0v) is 16.1. The predicted octanol–water partition coefficient (Wildman–Crippen LogP) is 3.31. The molecule has 27 heavy (non-hydrogen) atoms. The summed E-state index contributed by atoms with van der Waals surface area (Å²) in [5.74, 6) is 2.06. The third-order valence-corrected chi connectivity index (χ3v) is 5.48. The van der Waals surface area contributed by atoms with E-state index in [1.54, 1.807) is 22.9 Å². The minimum atomic E-state index is -3.22. The van der Waals surface area contributed by atoms with Crippen molar-refractivity contribution in [3.05, 3.63) is 35.2 Å². The smallest absolute Gasteiger partial charge is 0.172 e. The predicted molar refractivity (Wildman–Crippen MR) is 98.8 cm³/mol. The molecule has 0 bridgehead atoms. The quantitative estimate of drug-likeness (QED) is 0.723. The maximum absolute atomic E-state index is 11.9. The largest absolute Gasteiger partial charge is 0.493 e. The number of nitriles is 1. The molecule has 8 heteroatoms. The molecule has 1 aromatic heterocycles. The minimum Gasteiger partial charge on any atom is -0.493 e. The third kappa shape index (κ3) is 3.78. The molecule has 1 aromatic carbocycles. The van der Waals surface area contributed by atoms with Crippen LogP contribution in [0.15, 0.2) is 18.2 Å². The lowest BCUT2D eigenvalue weighted by Gasteiger charge is -2.13. The first-order valence-corrected chi connectivity index (χ1v) is 11.0. The first-order valence-electron chi connectivity index (χ1n) is 8.94. The summed E-state index contributed by atoms with van der Waals surface area (Å²) in [6.45, 7) is 0. The molecule has 0 radical (unpaired) electrons. The molecule has 0 saturated heterocycles. The molecule has 2 saturated carbocycles. The maximum atomic E-state index is 11.9. The Morgan fingerprint density at radius 1 is 1.22 bits per heavy atom. The van der Waals surface area contributed by atoms with Crippen molar-refractivity contribution in [3.8, 4) is 23.3 Å². The van der Waals surface area contributed by atoms with Gasteiger partial charge in [-0.05, 0) is 37.8 Å². The van der Waals surface area contributed by atoms with Gasteiger partial charge in [0.25, 0.3) is 0 Å². The van der Waals surface area contributed by atoms with Gasteiger partial charge in [0.05, 0.1) is 24.4 Å². The van der Waals surface area contributed by atoms with E-state index in [0.717, 1.165) is 37.1 Å². The van der Waals surface area contributed by atoms with Gasteiger partial charge in [-0.3, -0.25) is 0 Å². The monoisotopic (exact) mass is 387 g/mol. The highest BCUT2D eigenvalue weighted by Gasteiger charge is 2.39. The Morgan fingerprint density at radius 3 is 2.48 bits per heavy atom. The van der Waals surface area contributed by atoms with Gasteiger partial charge >= 0.3 is 0 Å². The van der Waals surface area contributed by atoms with Gasteiger partial charge in [-0.2, -0.15) is 10.4 Å². The van der Waals surface area contributed by atoms with E-state index in [2.05, 4.69) is 11.2 Å². The van der Waals surface area contributed by atoms with Crippen LogP contribution in [0.4, 0.5) is 0 Å². The van der Waals surface area contributed by atoms with Crippen LogP contribution in [-0.4, -0.2) is 31.6 Å².